The molecule has 0 bridgehead atoms. The van der Waals surface area contributed by atoms with Gasteiger partial charge in [0.15, 0.2) is 0 Å². The van der Waals surface area contributed by atoms with Crippen molar-refractivity contribution >= 4 is 41.3 Å². The minimum atomic E-state index is -4.80. The van der Waals surface area contributed by atoms with Crippen molar-refractivity contribution in [2.75, 3.05) is 5.32 Å². The second-order valence-electron chi connectivity index (χ2n) is 6.20. The fraction of sp³-hybridized carbons (Fsp3) is 0.158. The standard InChI is InChI=1S/C19H15ClF3N5O3/c20-14-4-2-1-3-11(14)10-24-28-18-26-15(17(30)27-18)9-16(29)25-12-5-7-13(8-6-12)31-19(21,22)23/h1-8,10,15H,9H2,(H,25,29)(H2,26,27,28,30)/b24-10-/t15-/m0/s1. The van der Waals surface area contributed by atoms with Crippen LogP contribution in [0.15, 0.2) is 58.6 Å². The number of guanidine groups is 1. The van der Waals surface area contributed by atoms with Crippen molar-refractivity contribution in [1.82, 2.24) is 10.7 Å². The molecule has 12 heteroatoms. The number of rotatable bonds is 6. The van der Waals surface area contributed by atoms with Crippen molar-refractivity contribution in [3.63, 3.8) is 0 Å². The number of benzene rings is 2. The van der Waals surface area contributed by atoms with E-state index in [9.17, 15) is 22.8 Å². The number of amides is 2. The number of carbonyl (C=O) groups excluding carboxylic acids is 2. The van der Waals surface area contributed by atoms with Crippen LogP contribution in [0.3, 0.4) is 0 Å². The molecule has 0 saturated carbocycles. The van der Waals surface area contributed by atoms with Crippen molar-refractivity contribution in [3.8, 4) is 5.75 Å². The lowest BCUT2D eigenvalue weighted by molar-refractivity contribution is -0.274. The molecule has 0 saturated heterocycles. The lowest BCUT2D eigenvalue weighted by atomic mass is 10.2. The predicted molar refractivity (Wildman–Crippen MR) is 108 cm³/mol. The third kappa shape index (κ3) is 6.71. The molecule has 1 aliphatic heterocycles. The van der Waals surface area contributed by atoms with Crippen LogP contribution >= 0.6 is 11.6 Å². The van der Waals surface area contributed by atoms with Gasteiger partial charge in [-0.15, -0.1) is 13.2 Å². The summed E-state index contributed by atoms with van der Waals surface area (Å²) >= 11 is 6.01. The van der Waals surface area contributed by atoms with Gasteiger partial charge >= 0.3 is 6.36 Å². The Bertz CT molecular complexity index is 1030. The Kier molecular flexibility index (Phi) is 6.75. The molecule has 0 unspecified atom stereocenters. The van der Waals surface area contributed by atoms with Gasteiger partial charge in [-0.1, -0.05) is 29.8 Å². The second kappa shape index (κ2) is 9.47. The van der Waals surface area contributed by atoms with Crippen molar-refractivity contribution in [2.45, 2.75) is 18.8 Å². The van der Waals surface area contributed by atoms with Crippen LogP contribution in [0, 0.1) is 0 Å². The summed E-state index contributed by atoms with van der Waals surface area (Å²) in [5.41, 5.74) is 3.45. The molecule has 1 heterocycles. The van der Waals surface area contributed by atoms with Crippen molar-refractivity contribution < 1.29 is 27.5 Å². The summed E-state index contributed by atoms with van der Waals surface area (Å²) in [6, 6.07) is 10.6. The van der Waals surface area contributed by atoms with Gasteiger partial charge in [-0.3, -0.25) is 14.9 Å². The molecule has 31 heavy (non-hydrogen) atoms. The van der Waals surface area contributed by atoms with Crippen LogP contribution in [0.2, 0.25) is 5.02 Å². The zero-order valence-electron chi connectivity index (χ0n) is 15.6. The highest BCUT2D eigenvalue weighted by Crippen LogP contribution is 2.24. The normalized spacial score (nSPS) is 16.1. The van der Waals surface area contributed by atoms with Gasteiger partial charge in [0.2, 0.25) is 11.9 Å². The van der Waals surface area contributed by atoms with Crippen LogP contribution < -0.4 is 20.8 Å². The summed E-state index contributed by atoms with van der Waals surface area (Å²) < 4.78 is 40.3. The molecule has 1 atom stereocenters. The number of carbonyl (C=O) groups is 2. The Balaban J connectivity index is 1.52. The molecule has 0 aliphatic carbocycles. The van der Waals surface area contributed by atoms with Crippen LogP contribution in [0.4, 0.5) is 18.9 Å². The molecule has 3 N–H and O–H groups in total. The van der Waals surface area contributed by atoms with Crippen LogP contribution in [0.25, 0.3) is 0 Å². The summed E-state index contributed by atoms with van der Waals surface area (Å²) in [5.74, 6) is -1.40. The number of nitrogens with one attached hydrogen (secondary N) is 3. The topological polar surface area (TPSA) is 104 Å². The maximum Gasteiger partial charge on any atom is 0.573 e. The van der Waals surface area contributed by atoms with Gasteiger partial charge in [0.25, 0.3) is 5.91 Å². The van der Waals surface area contributed by atoms with E-state index in [4.69, 9.17) is 11.6 Å². The summed E-state index contributed by atoms with van der Waals surface area (Å²) in [6.45, 7) is 0. The first kappa shape index (κ1) is 22.1. The van der Waals surface area contributed by atoms with E-state index in [-0.39, 0.29) is 18.1 Å². The Hall–Kier alpha value is -3.60. The van der Waals surface area contributed by atoms with Crippen LogP contribution in [-0.4, -0.2) is 36.4 Å². The number of hydrogen-bond donors (Lipinski definition) is 3. The Morgan fingerprint density at radius 2 is 1.94 bits per heavy atom. The molecule has 0 fully saturated rings. The lowest BCUT2D eigenvalue weighted by Gasteiger charge is -2.10. The number of alkyl halides is 3. The van der Waals surface area contributed by atoms with Gasteiger partial charge in [0.05, 0.1) is 12.6 Å². The summed E-state index contributed by atoms with van der Waals surface area (Å²) in [7, 11) is 0. The van der Waals surface area contributed by atoms with Gasteiger partial charge in [0, 0.05) is 16.3 Å². The predicted octanol–water partition coefficient (Wildman–Crippen LogP) is 3.05. The maximum atomic E-state index is 12.2. The minimum Gasteiger partial charge on any atom is -0.406 e. The smallest absolute Gasteiger partial charge is 0.406 e. The van der Waals surface area contributed by atoms with Crippen LogP contribution in [-0.2, 0) is 9.59 Å². The molecular formula is C19H15ClF3N5O3. The quantitative estimate of drug-likeness (QED) is 0.462. The largest absolute Gasteiger partial charge is 0.573 e. The highest BCUT2D eigenvalue weighted by molar-refractivity contribution is 6.33. The van der Waals surface area contributed by atoms with Gasteiger partial charge in [-0.25, -0.2) is 10.4 Å². The average Bonchev–Trinajstić information content (AvgIpc) is 3.03. The highest BCUT2D eigenvalue weighted by Gasteiger charge is 2.31. The number of hydrogen-bond acceptors (Lipinski definition) is 6. The van der Waals surface area contributed by atoms with Crippen LogP contribution in [0.1, 0.15) is 12.0 Å². The first-order valence-corrected chi connectivity index (χ1v) is 9.15. The van der Waals surface area contributed by atoms with Crippen molar-refractivity contribution in [1.29, 1.82) is 0 Å². The lowest BCUT2D eigenvalue weighted by Crippen LogP contribution is -2.35. The summed E-state index contributed by atoms with van der Waals surface area (Å²) in [6.07, 6.45) is -3.63. The maximum absolute atomic E-state index is 12.2. The van der Waals surface area contributed by atoms with Gasteiger partial charge in [-0.2, -0.15) is 5.10 Å². The van der Waals surface area contributed by atoms with Crippen molar-refractivity contribution in [2.24, 2.45) is 10.1 Å². The second-order valence-corrected chi connectivity index (χ2v) is 6.61. The Morgan fingerprint density at radius 3 is 2.61 bits per heavy atom. The van der Waals surface area contributed by atoms with Crippen LogP contribution in [0.5, 0.6) is 5.75 Å². The molecule has 0 radical (unpaired) electrons. The van der Waals surface area contributed by atoms with E-state index in [1.54, 1.807) is 24.3 Å². The van der Waals surface area contributed by atoms with E-state index < -0.39 is 30.0 Å². The van der Waals surface area contributed by atoms with E-state index in [1.165, 1.54) is 18.3 Å². The molecule has 2 aromatic rings. The minimum absolute atomic E-state index is 0.0692. The molecule has 3 rings (SSSR count). The van der Waals surface area contributed by atoms with E-state index in [0.717, 1.165) is 12.1 Å². The first-order valence-electron chi connectivity index (χ1n) is 8.77. The molecule has 162 valence electrons. The molecule has 8 nitrogen and oxygen atoms in total. The zero-order chi connectivity index (χ0) is 22.4. The van der Waals surface area contributed by atoms with E-state index in [2.05, 4.69) is 30.9 Å². The third-order valence-electron chi connectivity index (χ3n) is 3.86. The number of aliphatic imine (C=N–C) groups is 1. The monoisotopic (exact) mass is 453 g/mol. The Morgan fingerprint density at radius 1 is 1.23 bits per heavy atom. The molecule has 0 aromatic heterocycles. The third-order valence-corrected chi connectivity index (χ3v) is 4.20. The van der Waals surface area contributed by atoms with E-state index in [1.807, 2.05) is 0 Å². The molecule has 2 amide bonds. The molecule has 1 aliphatic rings. The fourth-order valence-electron chi connectivity index (χ4n) is 2.51. The van der Waals surface area contributed by atoms with Gasteiger partial charge in [-0.05, 0) is 30.3 Å². The molecule has 2 aromatic carbocycles. The number of ether oxygens (including phenoxy) is 1. The number of halogens is 4. The Labute approximate surface area is 179 Å². The number of nitrogens with zero attached hydrogens (tertiary/aromatic N) is 2. The molecule has 0 spiro atoms. The van der Waals surface area contributed by atoms with Crippen molar-refractivity contribution in [3.05, 3.63) is 59.1 Å². The van der Waals surface area contributed by atoms with E-state index in [0.29, 0.717) is 10.6 Å². The number of hydrazone groups is 1. The first-order chi connectivity index (χ1) is 14.7. The zero-order valence-corrected chi connectivity index (χ0v) is 16.4. The summed E-state index contributed by atoms with van der Waals surface area (Å²) in [4.78, 5) is 28.2. The van der Waals surface area contributed by atoms with Gasteiger partial charge < -0.3 is 10.1 Å². The average molecular weight is 454 g/mol. The number of anilines is 1. The van der Waals surface area contributed by atoms with Gasteiger partial charge in [0.1, 0.15) is 11.8 Å². The molecular weight excluding hydrogens is 439 g/mol. The van der Waals surface area contributed by atoms with E-state index >= 15 is 0 Å². The summed E-state index contributed by atoms with van der Waals surface area (Å²) in [5, 5.41) is 9.36. The highest BCUT2D eigenvalue weighted by atomic mass is 35.5. The SMILES string of the molecule is O=C(C[C@@H]1N=C(N/N=C\c2ccccc2Cl)NC1=O)Nc1ccc(OC(F)(F)F)cc1. The fourth-order valence-corrected chi connectivity index (χ4v) is 2.70.